The van der Waals surface area contributed by atoms with Crippen LogP contribution >= 0.6 is 0 Å². The molecule has 0 spiro atoms. The van der Waals surface area contributed by atoms with E-state index in [4.69, 9.17) is 5.11 Å². The van der Waals surface area contributed by atoms with Crippen molar-refractivity contribution in [3.8, 4) is 0 Å². The van der Waals surface area contributed by atoms with E-state index in [2.05, 4.69) is 12.2 Å². The Bertz CT molecular complexity index is 257. The molecule has 16 heavy (non-hydrogen) atoms. The molecule has 0 aromatic carbocycles. The molecule has 3 atom stereocenters. The van der Waals surface area contributed by atoms with Gasteiger partial charge in [0.1, 0.15) is 0 Å². The standard InChI is InChI=1S/C12H22N2O2/c1-2-3-10-6-11(10)13-12(16)14-5-4-9(7-14)8-15/h9-11,15H,2-8H2,1H3,(H,13,16). The molecule has 0 aromatic rings. The van der Waals surface area contributed by atoms with Gasteiger partial charge in [-0.25, -0.2) is 4.79 Å². The van der Waals surface area contributed by atoms with Crippen LogP contribution in [0.5, 0.6) is 0 Å². The highest BCUT2D eigenvalue weighted by molar-refractivity contribution is 5.75. The second-order valence-corrected chi connectivity index (χ2v) is 5.12. The van der Waals surface area contributed by atoms with Gasteiger partial charge in [0.25, 0.3) is 0 Å². The fourth-order valence-corrected chi connectivity index (χ4v) is 2.53. The summed E-state index contributed by atoms with van der Waals surface area (Å²) in [5.74, 6) is 1.00. The Labute approximate surface area is 97.0 Å². The van der Waals surface area contributed by atoms with Crippen LogP contribution in [0.3, 0.4) is 0 Å². The van der Waals surface area contributed by atoms with E-state index in [9.17, 15) is 4.79 Å². The lowest BCUT2D eigenvalue weighted by Crippen LogP contribution is -2.40. The zero-order valence-electron chi connectivity index (χ0n) is 9.98. The van der Waals surface area contributed by atoms with Crippen LogP contribution in [0.2, 0.25) is 0 Å². The van der Waals surface area contributed by atoms with Gasteiger partial charge in [0.2, 0.25) is 0 Å². The van der Waals surface area contributed by atoms with E-state index in [-0.39, 0.29) is 18.6 Å². The maximum Gasteiger partial charge on any atom is 0.317 e. The van der Waals surface area contributed by atoms with Crippen LogP contribution in [0, 0.1) is 11.8 Å². The smallest absolute Gasteiger partial charge is 0.317 e. The van der Waals surface area contributed by atoms with Gasteiger partial charge >= 0.3 is 6.03 Å². The molecule has 0 radical (unpaired) electrons. The number of amides is 2. The minimum atomic E-state index is 0.0690. The topological polar surface area (TPSA) is 52.6 Å². The van der Waals surface area contributed by atoms with Crippen LogP contribution in [0.4, 0.5) is 4.79 Å². The third kappa shape index (κ3) is 2.67. The number of rotatable bonds is 4. The molecule has 2 fully saturated rings. The molecule has 1 saturated heterocycles. The van der Waals surface area contributed by atoms with Gasteiger partial charge in [0.05, 0.1) is 0 Å². The maximum atomic E-state index is 11.8. The number of hydrogen-bond acceptors (Lipinski definition) is 2. The van der Waals surface area contributed by atoms with E-state index in [0.29, 0.717) is 18.5 Å². The van der Waals surface area contributed by atoms with Crippen LogP contribution in [-0.4, -0.2) is 41.8 Å². The van der Waals surface area contributed by atoms with Gasteiger partial charge < -0.3 is 15.3 Å². The van der Waals surface area contributed by atoms with Crippen molar-refractivity contribution in [1.82, 2.24) is 10.2 Å². The Morgan fingerprint density at radius 1 is 1.56 bits per heavy atom. The lowest BCUT2D eigenvalue weighted by molar-refractivity contribution is 0.197. The average Bonchev–Trinajstić information content (AvgIpc) is 2.84. The molecule has 3 unspecified atom stereocenters. The van der Waals surface area contributed by atoms with Crippen molar-refractivity contribution in [3.63, 3.8) is 0 Å². The lowest BCUT2D eigenvalue weighted by atomic mass is 10.1. The van der Waals surface area contributed by atoms with Crippen LogP contribution in [0.15, 0.2) is 0 Å². The number of hydrogen-bond donors (Lipinski definition) is 2. The number of nitrogens with zero attached hydrogens (tertiary/aromatic N) is 1. The first-order valence-corrected chi connectivity index (χ1v) is 6.41. The van der Waals surface area contributed by atoms with Crippen molar-refractivity contribution in [2.24, 2.45) is 11.8 Å². The van der Waals surface area contributed by atoms with Crippen molar-refractivity contribution >= 4 is 6.03 Å². The van der Waals surface area contributed by atoms with Gasteiger partial charge in [0, 0.05) is 31.7 Å². The third-order valence-electron chi connectivity index (χ3n) is 3.72. The monoisotopic (exact) mass is 226 g/mol. The minimum absolute atomic E-state index is 0.0690. The quantitative estimate of drug-likeness (QED) is 0.757. The number of carbonyl (C=O) groups is 1. The molecule has 2 N–H and O–H groups in total. The van der Waals surface area contributed by atoms with E-state index >= 15 is 0 Å². The van der Waals surface area contributed by atoms with Gasteiger partial charge in [0.15, 0.2) is 0 Å². The lowest BCUT2D eigenvalue weighted by Gasteiger charge is -2.17. The number of urea groups is 1. The van der Waals surface area contributed by atoms with Gasteiger partial charge in [-0.05, 0) is 25.2 Å². The Kier molecular flexibility index (Phi) is 3.69. The molecule has 0 aromatic heterocycles. The third-order valence-corrected chi connectivity index (χ3v) is 3.72. The number of carbonyl (C=O) groups excluding carboxylic acids is 1. The predicted molar refractivity (Wildman–Crippen MR) is 62.1 cm³/mol. The molecule has 0 bridgehead atoms. The first-order chi connectivity index (χ1) is 7.74. The van der Waals surface area contributed by atoms with Gasteiger partial charge in [-0.2, -0.15) is 0 Å². The fraction of sp³-hybridized carbons (Fsp3) is 0.917. The SMILES string of the molecule is CCCC1CC1NC(=O)N1CCC(CO)C1. The van der Waals surface area contributed by atoms with Gasteiger partial charge in [-0.15, -0.1) is 0 Å². The summed E-state index contributed by atoms with van der Waals surface area (Å²) in [6.07, 6.45) is 4.52. The van der Waals surface area contributed by atoms with Crippen molar-refractivity contribution in [1.29, 1.82) is 0 Å². The number of likely N-dealkylation sites (tertiary alicyclic amines) is 1. The second kappa shape index (κ2) is 5.04. The summed E-state index contributed by atoms with van der Waals surface area (Å²) >= 11 is 0. The zero-order valence-corrected chi connectivity index (χ0v) is 9.98. The summed E-state index contributed by atoms with van der Waals surface area (Å²) < 4.78 is 0. The summed E-state index contributed by atoms with van der Waals surface area (Å²) in [4.78, 5) is 13.7. The van der Waals surface area contributed by atoms with E-state index in [1.54, 1.807) is 0 Å². The second-order valence-electron chi connectivity index (χ2n) is 5.12. The Morgan fingerprint density at radius 3 is 3.00 bits per heavy atom. The van der Waals surface area contributed by atoms with Gasteiger partial charge in [-0.3, -0.25) is 0 Å². The Morgan fingerprint density at radius 2 is 2.38 bits per heavy atom. The molecular formula is C12H22N2O2. The highest BCUT2D eigenvalue weighted by Crippen LogP contribution is 2.34. The molecule has 4 heteroatoms. The molecule has 2 aliphatic rings. The van der Waals surface area contributed by atoms with E-state index in [1.165, 1.54) is 12.8 Å². The van der Waals surface area contributed by atoms with Crippen molar-refractivity contribution in [3.05, 3.63) is 0 Å². The first-order valence-electron chi connectivity index (χ1n) is 6.41. The van der Waals surface area contributed by atoms with E-state index in [1.807, 2.05) is 4.90 Å². The van der Waals surface area contributed by atoms with Crippen LogP contribution < -0.4 is 5.32 Å². The van der Waals surface area contributed by atoms with Crippen molar-refractivity contribution < 1.29 is 9.90 Å². The summed E-state index contributed by atoms with van der Waals surface area (Å²) in [6.45, 7) is 3.89. The zero-order chi connectivity index (χ0) is 11.5. The molecule has 2 rings (SSSR count). The maximum absolute atomic E-state index is 11.8. The molecule has 2 amide bonds. The molecule has 1 saturated carbocycles. The first kappa shape index (κ1) is 11.7. The largest absolute Gasteiger partial charge is 0.396 e. The van der Waals surface area contributed by atoms with Crippen molar-refractivity contribution in [2.45, 2.75) is 38.6 Å². The number of aliphatic hydroxyl groups is 1. The summed E-state index contributed by atoms with van der Waals surface area (Å²) in [6, 6.07) is 0.486. The highest BCUT2D eigenvalue weighted by atomic mass is 16.3. The molecule has 1 heterocycles. The molecule has 1 aliphatic carbocycles. The molecular weight excluding hydrogens is 204 g/mol. The summed E-state index contributed by atoms with van der Waals surface area (Å²) in [5, 5.41) is 12.1. The van der Waals surface area contributed by atoms with Crippen molar-refractivity contribution in [2.75, 3.05) is 19.7 Å². The molecule has 92 valence electrons. The summed E-state index contributed by atoms with van der Waals surface area (Å²) in [5.41, 5.74) is 0. The highest BCUT2D eigenvalue weighted by Gasteiger charge is 2.38. The summed E-state index contributed by atoms with van der Waals surface area (Å²) in [7, 11) is 0. The van der Waals surface area contributed by atoms with E-state index in [0.717, 1.165) is 19.4 Å². The predicted octanol–water partition coefficient (Wildman–Crippen LogP) is 1.20. The van der Waals surface area contributed by atoms with Crippen LogP contribution in [0.1, 0.15) is 32.6 Å². The number of nitrogens with one attached hydrogen (secondary N) is 1. The number of aliphatic hydroxyl groups excluding tert-OH is 1. The molecule has 1 aliphatic heterocycles. The Balaban J connectivity index is 1.69. The van der Waals surface area contributed by atoms with Gasteiger partial charge in [-0.1, -0.05) is 13.3 Å². The minimum Gasteiger partial charge on any atom is -0.396 e. The normalized spacial score (nSPS) is 32.9. The van der Waals surface area contributed by atoms with Crippen LogP contribution in [-0.2, 0) is 0 Å². The van der Waals surface area contributed by atoms with Crippen LogP contribution in [0.25, 0.3) is 0 Å². The fourth-order valence-electron chi connectivity index (χ4n) is 2.53. The molecule has 4 nitrogen and oxygen atoms in total. The Hall–Kier alpha value is -0.770. The van der Waals surface area contributed by atoms with E-state index < -0.39 is 0 Å². The average molecular weight is 226 g/mol.